The molecule has 4 nitrogen and oxygen atoms in total. The van der Waals surface area contributed by atoms with Gasteiger partial charge in [-0.15, -0.1) is 0 Å². The molecule has 1 aliphatic heterocycles. The lowest BCUT2D eigenvalue weighted by atomic mass is 10.1. The molecule has 0 spiro atoms. The highest BCUT2D eigenvalue weighted by Gasteiger charge is 2.26. The molecule has 1 heterocycles. The monoisotopic (exact) mass is 175 g/mol. The second-order valence-corrected chi connectivity index (χ2v) is 2.83. The summed E-state index contributed by atoms with van der Waals surface area (Å²) in [6.45, 7) is 0.748. The first-order chi connectivity index (χ1) is 5.77. The Morgan fingerprint density at radius 2 is 2.50 bits per heavy atom. The Morgan fingerprint density at radius 3 is 3.00 bits per heavy atom. The van der Waals surface area contributed by atoms with Crippen LogP contribution in [0.15, 0.2) is 0 Å². The van der Waals surface area contributed by atoms with Gasteiger partial charge in [0, 0.05) is 13.1 Å². The minimum atomic E-state index is -0.769. The molecule has 1 atom stereocenters. The van der Waals surface area contributed by atoms with E-state index in [1.807, 2.05) is 12.1 Å². The van der Waals surface area contributed by atoms with Gasteiger partial charge in [-0.25, -0.2) is 9.40 Å². The van der Waals surface area contributed by atoms with Gasteiger partial charge < -0.3 is 5.32 Å². The number of alkyl halides is 1. The van der Waals surface area contributed by atoms with Gasteiger partial charge in [0.05, 0.1) is 5.92 Å². The van der Waals surface area contributed by atoms with Crippen molar-refractivity contribution in [3.63, 3.8) is 0 Å². The molecule has 0 radical (unpaired) electrons. The molecule has 70 valence electrons. The van der Waals surface area contributed by atoms with Crippen molar-refractivity contribution in [2.75, 3.05) is 26.9 Å². The van der Waals surface area contributed by atoms with Crippen molar-refractivity contribution in [2.24, 2.45) is 5.92 Å². The number of carbonyl (C=O) groups excluding carboxylic acids is 1. The molecule has 1 rings (SSSR count). The van der Waals surface area contributed by atoms with Crippen LogP contribution in [0.3, 0.4) is 0 Å². The van der Waals surface area contributed by atoms with E-state index in [9.17, 15) is 9.18 Å². The summed E-state index contributed by atoms with van der Waals surface area (Å²) in [5.74, 6) is -0.247. The van der Waals surface area contributed by atoms with Gasteiger partial charge in [-0.1, -0.05) is 0 Å². The van der Waals surface area contributed by atoms with Crippen LogP contribution >= 0.6 is 0 Å². The number of hydrogen-bond donors (Lipinski definition) is 2. The second-order valence-electron chi connectivity index (χ2n) is 2.83. The lowest BCUT2D eigenvalue weighted by Crippen LogP contribution is -2.36. The van der Waals surface area contributed by atoms with Crippen molar-refractivity contribution in [2.45, 2.75) is 6.42 Å². The normalized spacial score (nSPS) is 24.3. The summed E-state index contributed by atoms with van der Waals surface area (Å²) in [5.41, 5.74) is 2.95. The van der Waals surface area contributed by atoms with Crippen molar-refractivity contribution in [1.29, 1.82) is 0 Å². The highest BCUT2D eigenvalue weighted by Crippen LogP contribution is 2.13. The first-order valence-corrected chi connectivity index (χ1v) is 4.04. The number of rotatable bonds is 3. The third kappa shape index (κ3) is 2.15. The van der Waals surface area contributed by atoms with Crippen LogP contribution in [-0.4, -0.2) is 37.9 Å². The first kappa shape index (κ1) is 9.41. The van der Waals surface area contributed by atoms with Crippen LogP contribution in [0, 0.1) is 5.92 Å². The fourth-order valence-electron chi connectivity index (χ4n) is 1.39. The van der Waals surface area contributed by atoms with Gasteiger partial charge in [-0.3, -0.25) is 10.2 Å². The SMILES string of the molecule is CNN1CCC(C(=O)NCF)C1. The van der Waals surface area contributed by atoms with E-state index in [1.165, 1.54) is 0 Å². The number of carbonyl (C=O) groups is 1. The van der Waals surface area contributed by atoms with Crippen LogP contribution < -0.4 is 10.7 Å². The van der Waals surface area contributed by atoms with Crippen molar-refractivity contribution < 1.29 is 9.18 Å². The Balaban J connectivity index is 2.31. The van der Waals surface area contributed by atoms with Crippen molar-refractivity contribution in [3.8, 4) is 0 Å². The van der Waals surface area contributed by atoms with Crippen LogP contribution in [0.4, 0.5) is 4.39 Å². The fourth-order valence-corrected chi connectivity index (χ4v) is 1.39. The van der Waals surface area contributed by atoms with Gasteiger partial charge in [0.15, 0.2) is 6.80 Å². The predicted octanol–water partition coefficient (Wildman–Crippen LogP) is -0.514. The van der Waals surface area contributed by atoms with Crippen molar-refractivity contribution >= 4 is 5.91 Å². The van der Waals surface area contributed by atoms with Crippen molar-refractivity contribution in [3.05, 3.63) is 0 Å². The second kappa shape index (κ2) is 4.37. The van der Waals surface area contributed by atoms with E-state index in [1.54, 1.807) is 0 Å². The maximum absolute atomic E-state index is 11.7. The quantitative estimate of drug-likeness (QED) is 0.568. The van der Waals surface area contributed by atoms with Gasteiger partial charge in [0.25, 0.3) is 0 Å². The van der Waals surface area contributed by atoms with Gasteiger partial charge in [0.1, 0.15) is 0 Å². The Labute approximate surface area is 71.1 Å². The maximum atomic E-state index is 11.7. The van der Waals surface area contributed by atoms with E-state index in [2.05, 4.69) is 10.7 Å². The van der Waals surface area contributed by atoms with E-state index in [0.29, 0.717) is 6.54 Å². The van der Waals surface area contributed by atoms with Crippen LogP contribution in [0.1, 0.15) is 6.42 Å². The molecule has 1 fully saturated rings. The molecular weight excluding hydrogens is 161 g/mol. The molecule has 5 heteroatoms. The van der Waals surface area contributed by atoms with Gasteiger partial charge >= 0.3 is 0 Å². The summed E-state index contributed by atoms with van der Waals surface area (Å²) in [6, 6.07) is 0. The zero-order valence-corrected chi connectivity index (χ0v) is 7.14. The fraction of sp³-hybridized carbons (Fsp3) is 0.857. The minimum Gasteiger partial charge on any atom is -0.329 e. The van der Waals surface area contributed by atoms with E-state index in [-0.39, 0.29) is 11.8 Å². The van der Waals surface area contributed by atoms with Gasteiger partial charge in [-0.2, -0.15) is 0 Å². The smallest absolute Gasteiger partial charge is 0.226 e. The molecule has 0 aromatic rings. The third-order valence-corrected chi connectivity index (χ3v) is 2.12. The Hall–Kier alpha value is -0.680. The minimum absolute atomic E-state index is 0.0619. The zero-order chi connectivity index (χ0) is 8.97. The van der Waals surface area contributed by atoms with Gasteiger partial charge in [0.2, 0.25) is 5.91 Å². The average molecular weight is 175 g/mol. The number of halogens is 1. The molecule has 0 saturated carbocycles. The van der Waals surface area contributed by atoms with E-state index < -0.39 is 6.80 Å². The maximum Gasteiger partial charge on any atom is 0.226 e. The number of hydrazine groups is 1. The Kier molecular flexibility index (Phi) is 3.43. The molecule has 0 bridgehead atoms. The molecule has 2 N–H and O–H groups in total. The molecule has 1 amide bonds. The number of amides is 1. The summed E-state index contributed by atoms with van der Waals surface area (Å²) in [4.78, 5) is 11.1. The molecule has 1 aliphatic rings. The first-order valence-electron chi connectivity index (χ1n) is 4.04. The molecule has 1 saturated heterocycles. The van der Waals surface area contributed by atoms with Crippen LogP contribution in [0.2, 0.25) is 0 Å². The lowest BCUT2D eigenvalue weighted by Gasteiger charge is -2.13. The molecule has 0 aliphatic carbocycles. The molecule has 12 heavy (non-hydrogen) atoms. The Bertz CT molecular complexity index is 165. The summed E-state index contributed by atoms with van der Waals surface area (Å²) in [7, 11) is 1.81. The standard InChI is InChI=1S/C7H14FN3O/c1-9-11-3-2-6(4-11)7(12)10-5-8/h6,9H,2-5H2,1H3,(H,10,12). The number of nitrogens with zero attached hydrogens (tertiary/aromatic N) is 1. The highest BCUT2D eigenvalue weighted by molar-refractivity contribution is 5.78. The van der Waals surface area contributed by atoms with E-state index >= 15 is 0 Å². The molecular formula is C7H14FN3O. The van der Waals surface area contributed by atoms with E-state index in [0.717, 1.165) is 13.0 Å². The molecule has 0 aromatic carbocycles. The lowest BCUT2D eigenvalue weighted by molar-refractivity contribution is -0.125. The van der Waals surface area contributed by atoms with Gasteiger partial charge in [-0.05, 0) is 13.5 Å². The summed E-state index contributed by atoms with van der Waals surface area (Å²) in [5, 5.41) is 4.12. The third-order valence-electron chi connectivity index (χ3n) is 2.12. The molecule has 0 aromatic heterocycles. The summed E-state index contributed by atoms with van der Waals surface area (Å²) < 4.78 is 11.7. The zero-order valence-electron chi connectivity index (χ0n) is 7.14. The van der Waals surface area contributed by atoms with Crippen molar-refractivity contribution in [1.82, 2.24) is 15.8 Å². The van der Waals surface area contributed by atoms with Crippen LogP contribution in [-0.2, 0) is 4.79 Å². The van der Waals surface area contributed by atoms with Crippen LogP contribution in [0.5, 0.6) is 0 Å². The number of hydrogen-bond acceptors (Lipinski definition) is 3. The van der Waals surface area contributed by atoms with E-state index in [4.69, 9.17) is 0 Å². The summed E-state index contributed by atoms with van der Waals surface area (Å²) >= 11 is 0. The number of nitrogens with one attached hydrogen (secondary N) is 2. The van der Waals surface area contributed by atoms with Crippen LogP contribution in [0.25, 0.3) is 0 Å². The summed E-state index contributed by atoms with van der Waals surface area (Å²) in [6.07, 6.45) is 0.798. The Morgan fingerprint density at radius 1 is 1.75 bits per heavy atom. The molecule has 1 unspecified atom stereocenters. The predicted molar refractivity (Wildman–Crippen MR) is 42.9 cm³/mol. The highest BCUT2D eigenvalue weighted by atomic mass is 19.1. The average Bonchev–Trinajstić information content (AvgIpc) is 2.52. The topological polar surface area (TPSA) is 44.4 Å². The largest absolute Gasteiger partial charge is 0.329 e.